The summed E-state index contributed by atoms with van der Waals surface area (Å²) in [6.07, 6.45) is 0. The van der Waals surface area contributed by atoms with Crippen LogP contribution in [-0.2, 0) is 9.53 Å². The van der Waals surface area contributed by atoms with Crippen molar-refractivity contribution < 1.29 is 19.0 Å². The zero-order valence-corrected chi connectivity index (χ0v) is 12.1. The van der Waals surface area contributed by atoms with Crippen LogP contribution in [0, 0.1) is 6.92 Å². The highest BCUT2D eigenvalue weighted by Gasteiger charge is 2.14. The van der Waals surface area contributed by atoms with E-state index in [9.17, 15) is 4.79 Å². The minimum absolute atomic E-state index is 0.199. The summed E-state index contributed by atoms with van der Waals surface area (Å²) < 4.78 is 15.4. The molecule has 5 heteroatoms. The van der Waals surface area contributed by atoms with E-state index in [0.717, 1.165) is 11.3 Å². The summed E-state index contributed by atoms with van der Waals surface area (Å²) in [7, 11) is 5.02. The van der Waals surface area contributed by atoms with Crippen molar-refractivity contribution in [3.05, 3.63) is 17.7 Å². The highest BCUT2D eigenvalue weighted by Crippen LogP contribution is 2.34. The quantitative estimate of drug-likeness (QED) is 0.738. The summed E-state index contributed by atoms with van der Waals surface area (Å²) in [4.78, 5) is 13.3. The molecule has 0 bridgehead atoms. The third-order valence-corrected chi connectivity index (χ3v) is 2.78. The van der Waals surface area contributed by atoms with Crippen LogP contribution in [0.3, 0.4) is 0 Å². The van der Waals surface area contributed by atoms with Gasteiger partial charge >= 0.3 is 5.97 Å². The van der Waals surface area contributed by atoms with Crippen molar-refractivity contribution in [2.24, 2.45) is 0 Å². The Kier molecular flexibility index (Phi) is 5.48. The first-order valence-corrected chi connectivity index (χ1v) is 6.12. The maximum absolute atomic E-state index is 11.5. The molecule has 0 fully saturated rings. The number of aryl methyl sites for hydroxylation is 1. The summed E-state index contributed by atoms with van der Waals surface area (Å²) in [5, 5.41) is 0. The lowest BCUT2D eigenvalue weighted by atomic mass is 10.1. The summed E-state index contributed by atoms with van der Waals surface area (Å²) in [5.74, 6) is 1.06. The van der Waals surface area contributed by atoms with Gasteiger partial charge in [0, 0.05) is 18.8 Å². The molecule has 0 spiro atoms. The first-order valence-electron chi connectivity index (χ1n) is 6.12. The topological polar surface area (TPSA) is 48.0 Å². The van der Waals surface area contributed by atoms with E-state index in [1.165, 1.54) is 0 Å². The molecule has 5 nitrogen and oxygen atoms in total. The molecule has 0 saturated carbocycles. The zero-order chi connectivity index (χ0) is 14.4. The fourth-order valence-corrected chi connectivity index (χ4v) is 1.87. The number of carbonyl (C=O) groups excluding carboxylic acids is 1. The number of methoxy groups -OCH3 is 2. The van der Waals surface area contributed by atoms with E-state index in [1.807, 2.05) is 31.0 Å². The van der Waals surface area contributed by atoms with Crippen molar-refractivity contribution in [1.82, 2.24) is 0 Å². The molecular weight excluding hydrogens is 246 g/mol. The molecule has 0 N–H and O–H groups in total. The molecule has 0 aromatic heterocycles. The molecule has 0 atom stereocenters. The second-order valence-electron chi connectivity index (χ2n) is 4.15. The van der Waals surface area contributed by atoms with Gasteiger partial charge in [-0.3, -0.25) is 4.79 Å². The molecule has 0 aliphatic carbocycles. The Morgan fingerprint density at radius 3 is 2.32 bits per heavy atom. The second kappa shape index (κ2) is 6.87. The monoisotopic (exact) mass is 267 g/mol. The van der Waals surface area contributed by atoms with Crippen LogP contribution in [0.1, 0.15) is 12.5 Å². The van der Waals surface area contributed by atoms with Gasteiger partial charge in [-0.05, 0) is 25.5 Å². The molecule has 106 valence electrons. The number of hydrogen-bond acceptors (Lipinski definition) is 5. The molecule has 0 aliphatic heterocycles. The van der Waals surface area contributed by atoms with Crippen LogP contribution in [-0.4, -0.2) is 40.4 Å². The lowest BCUT2D eigenvalue weighted by Gasteiger charge is -2.22. The first kappa shape index (κ1) is 15.1. The SMILES string of the molecule is CCOC(=O)CN(C)c1cc(OC)c(OC)cc1C. The fourth-order valence-electron chi connectivity index (χ4n) is 1.87. The van der Waals surface area contributed by atoms with E-state index in [2.05, 4.69) is 0 Å². The number of likely N-dealkylation sites (N-methyl/N-ethyl adjacent to an activating group) is 1. The van der Waals surface area contributed by atoms with Gasteiger partial charge in [0.1, 0.15) is 6.54 Å². The minimum Gasteiger partial charge on any atom is -0.493 e. The Morgan fingerprint density at radius 1 is 1.21 bits per heavy atom. The number of carbonyl (C=O) groups is 1. The Balaban J connectivity index is 2.96. The average molecular weight is 267 g/mol. The Bertz CT molecular complexity index is 445. The van der Waals surface area contributed by atoms with Crippen LogP contribution >= 0.6 is 0 Å². The molecule has 1 rings (SSSR count). The Morgan fingerprint density at radius 2 is 1.79 bits per heavy atom. The summed E-state index contributed by atoms with van der Waals surface area (Å²) in [6.45, 7) is 4.33. The van der Waals surface area contributed by atoms with Gasteiger partial charge < -0.3 is 19.1 Å². The van der Waals surface area contributed by atoms with Crippen LogP contribution in [0.4, 0.5) is 5.69 Å². The van der Waals surface area contributed by atoms with Gasteiger partial charge in [0.2, 0.25) is 0 Å². The highest BCUT2D eigenvalue weighted by molar-refractivity contribution is 5.76. The average Bonchev–Trinajstić information content (AvgIpc) is 2.38. The normalized spacial score (nSPS) is 9.95. The van der Waals surface area contributed by atoms with E-state index in [-0.39, 0.29) is 12.5 Å². The molecule has 19 heavy (non-hydrogen) atoms. The van der Waals surface area contributed by atoms with Gasteiger partial charge in [0.15, 0.2) is 11.5 Å². The predicted molar refractivity (Wildman–Crippen MR) is 74.2 cm³/mol. The van der Waals surface area contributed by atoms with Gasteiger partial charge in [-0.2, -0.15) is 0 Å². The number of benzene rings is 1. The van der Waals surface area contributed by atoms with Crippen LogP contribution < -0.4 is 14.4 Å². The smallest absolute Gasteiger partial charge is 0.325 e. The predicted octanol–water partition coefficient (Wildman–Crippen LogP) is 2.01. The highest BCUT2D eigenvalue weighted by atomic mass is 16.5. The van der Waals surface area contributed by atoms with Crippen molar-refractivity contribution in [1.29, 1.82) is 0 Å². The van der Waals surface area contributed by atoms with E-state index in [4.69, 9.17) is 14.2 Å². The van der Waals surface area contributed by atoms with Crippen LogP contribution in [0.5, 0.6) is 11.5 Å². The van der Waals surface area contributed by atoms with Crippen molar-refractivity contribution in [3.8, 4) is 11.5 Å². The van der Waals surface area contributed by atoms with Crippen LogP contribution in [0.15, 0.2) is 12.1 Å². The molecule has 0 radical (unpaired) electrons. The number of rotatable bonds is 6. The zero-order valence-electron chi connectivity index (χ0n) is 12.1. The molecular formula is C14H21NO4. The molecule has 1 aromatic carbocycles. The van der Waals surface area contributed by atoms with Gasteiger partial charge in [-0.25, -0.2) is 0 Å². The molecule has 0 heterocycles. The Labute approximate surface area is 114 Å². The molecule has 0 amide bonds. The third kappa shape index (κ3) is 3.77. The minimum atomic E-state index is -0.251. The number of esters is 1. The number of ether oxygens (including phenoxy) is 3. The van der Waals surface area contributed by atoms with Crippen molar-refractivity contribution in [2.75, 3.05) is 39.3 Å². The summed E-state index contributed by atoms with van der Waals surface area (Å²) in [5.41, 5.74) is 1.91. The van der Waals surface area contributed by atoms with Gasteiger partial charge in [-0.15, -0.1) is 0 Å². The summed E-state index contributed by atoms with van der Waals surface area (Å²) in [6, 6.07) is 3.74. The number of hydrogen-bond donors (Lipinski definition) is 0. The first-order chi connectivity index (χ1) is 9.03. The maximum atomic E-state index is 11.5. The standard InChI is InChI=1S/C14H21NO4/c1-6-19-14(16)9-15(3)11-8-13(18-5)12(17-4)7-10(11)2/h7-8H,6,9H2,1-5H3. The molecule has 0 aliphatic rings. The van der Waals surface area contributed by atoms with E-state index in [0.29, 0.717) is 18.1 Å². The van der Waals surface area contributed by atoms with Crippen LogP contribution in [0.25, 0.3) is 0 Å². The van der Waals surface area contributed by atoms with E-state index < -0.39 is 0 Å². The van der Waals surface area contributed by atoms with Crippen LogP contribution in [0.2, 0.25) is 0 Å². The van der Waals surface area contributed by atoms with Gasteiger partial charge in [-0.1, -0.05) is 0 Å². The number of anilines is 1. The van der Waals surface area contributed by atoms with Crippen molar-refractivity contribution in [3.63, 3.8) is 0 Å². The van der Waals surface area contributed by atoms with E-state index >= 15 is 0 Å². The van der Waals surface area contributed by atoms with Crippen molar-refractivity contribution in [2.45, 2.75) is 13.8 Å². The van der Waals surface area contributed by atoms with E-state index in [1.54, 1.807) is 21.1 Å². The van der Waals surface area contributed by atoms with Gasteiger partial charge in [0.05, 0.1) is 20.8 Å². The second-order valence-corrected chi connectivity index (χ2v) is 4.15. The lowest BCUT2D eigenvalue weighted by Crippen LogP contribution is -2.27. The largest absolute Gasteiger partial charge is 0.493 e. The van der Waals surface area contributed by atoms with Gasteiger partial charge in [0.25, 0.3) is 0 Å². The van der Waals surface area contributed by atoms with Crippen molar-refractivity contribution >= 4 is 11.7 Å². The molecule has 0 unspecified atom stereocenters. The number of nitrogens with zero attached hydrogens (tertiary/aromatic N) is 1. The third-order valence-electron chi connectivity index (χ3n) is 2.78. The molecule has 1 aromatic rings. The Hall–Kier alpha value is -1.91. The fraction of sp³-hybridized carbons (Fsp3) is 0.500. The lowest BCUT2D eigenvalue weighted by molar-refractivity contribution is -0.141. The summed E-state index contributed by atoms with van der Waals surface area (Å²) >= 11 is 0. The maximum Gasteiger partial charge on any atom is 0.325 e. The molecule has 0 saturated heterocycles.